The summed E-state index contributed by atoms with van der Waals surface area (Å²) in [7, 11) is 1.53. The first-order valence-electron chi connectivity index (χ1n) is 8.48. The number of carbonyl (C=O) groups excluding carboxylic acids is 1. The van der Waals surface area contributed by atoms with Crippen LogP contribution in [-0.4, -0.2) is 13.0 Å². The fourth-order valence-electron chi connectivity index (χ4n) is 2.58. The van der Waals surface area contributed by atoms with Crippen molar-refractivity contribution in [2.24, 2.45) is 0 Å². The number of halogens is 1. The molecule has 2 aromatic carbocycles. The van der Waals surface area contributed by atoms with Gasteiger partial charge in [-0.05, 0) is 42.2 Å². The SMILES string of the molecule is COc1ccc(N/C=C(/C#N)C(=O)Nc2c(C)cccc2C(C)C)cc1Cl. The largest absolute Gasteiger partial charge is 0.495 e. The zero-order chi connectivity index (χ0) is 20.0. The van der Waals surface area contributed by atoms with E-state index in [-0.39, 0.29) is 11.5 Å². The lowest BCUT2D eigenvalue weighted by molar-refractivity contribution is -0.112. The van der Waals surface area contributed by atoms with Crippen LogP contribution in [0.15, 0.2) is 48.2 Å². The lowest BCUT2D eigenvalue weighted by Crippen LogP contribution is -2.17. The zero-order valence-corrected chi connectivity index (χ0v) is 16.5. The van der Waals surface area contributed by atoms with Gasteiger partial charge in [-0.15, -0.1) is 0 Å². The van der Waals surface area contributed by atoms with Gasteiger partial charge < -0.3 is 15.4 Å². The summed E-state index contributed by atoms with van der Waals surface area (Å²) in [5.74, 6) is 0.320. The first-order valence-corrected chi connectivity index (χ1v) is 8.86. The van der Waals surface area contributed by atoms with Crippen LogP contribution in [0.1, 0.15) is 30.9 Å². The molecular weight excluding hydrogens is 362 g/mol. The van der Waals surface area contributed by atoms with Gasteiger partial charge in [-0.2, -0.15) is 5.26 Å². The molecule has 6 heteroatoms. The third-order valence-electron chi connectivity index (χ3n) is 4.07. The number of carbonyl (C=O) groups is 1. The van der Waals surface area contributed by atoms with Gasteiger partial charge in [0.15, 0.2) is 0 Å². The highest BCUT2D eigenvalue weighted by Crippen LogP contribution is 2.28. The molecular formula is C21H22ClN3O2. The summed E-state index contributed by atoms with van der Waals surface area (Å²) >= 11 is 6.08. The highest BCUT2D eigenvalue weighted by atomic mass is 35.5. The second kappa shape index (κ2) is 9.11. The molecule has 0 aliphatic rings. The van der Waals surface area contributed by atoms with E-state index in [2.05, 4.69) is 24.5 Å². The maximum Gasteiger partial charge on any atom is 0.267 e. The monoisotopic (exact) mass is 383 g/mol. The number of hydrogen-bond acceptors (Lipinski definition) is 4. The molecule has 2 rings (SSSR count). The van der Waals surface area contributed by atoms with Crippen LogP contribution in [0.25, 0.3) is 0 Å². The van der Waals surface area contributed by atoms with E-state index in [0.717, 1.165) is 16.8 Å². The number of nitrogens with one attached hydrogen (secondary N) is 2. The Morgan fingerprint density at radius 3 is 2.63 bits per heavy atom. The first kappa shape index (κ1) is 20.3. The van der Waals surface area contributed by atoms with Crippen molar-refractivity contribution in [1.82, 2.24) is 0 Å². The summed E-state index contributed by atoms with van der Waals surface area (Å²) in [6.07, 6.45) is 1.36. The molecule has 1 amide bonds. The zero-order valence-electron chi connectivity index (χ0n) is 15.8. The van der Waals surface area contributed by atoms with E-state index >= 15 is 0 Å². The molecule has 0 saturated heterocycles. The molecule has 0 saturated carbocycles. The Balaban J connectivity index is 2.21. The number of rotatable bonds is 6. The van der Waals surface area contributed by atoms with Crippen molar-refractivity contribution in [1.29, 1.82) is 5.26 Å². The molecule has 0 spiro atoms. The third kappa shape index (κ3) is 5.02. The molecule has 0 aliphatic carbocycles. The van der Waals surface area contributed by atoms with Gasteiger partial charge >= 0.3 is 0 Å². The molecule has 140 valence electrons. The Hall–Kier alpha value is -2.97. The summed E-state index contributed by atoms with van der Waals surface area (Å²) in [5.41, 5.74) is 3.31. The number of para-hydroxylation sites is 1. The number of hydrogen-bond donors (Lipinski definition) is 2. The predicted octanol–water partition coefficient (Wildman–Crippen LogP) is 5.24. The number of ether oxygens (including phenoxy) is 1. The molecule has 2 aromatic rings. The van der Waals surface area contributed by atoms with Crippen molar-refractivity contribution < 1.29 is 9.53 Å². The Labute approximate surface area is 164 Å². The second-order valence-electron chi connectivity index (χ2n) is 6.31. The molecule has 2 N–H and O–H groups in total. The van der Waals surface area contributed by atoms with Crippen LogP contribution in [0.2, 0.25) is 5.02 Å². The van der Waals surface area contributed by atoms with E-state index in [1.807, 2.05) is 31.2 Å². The highest BCUT2D eigenvalue weighted by molar-refractivity contribution is 6.32. The van der Waals surface area contributed by atoms with Crippen LogP contribution in [0, 0.1) is 18.3 Å². The van der Waals surface area contributed by atoms with Gasteiger partial charge in [-0.1, -0.05) is 43.6 Å². The average molecular weight is 384 g/mol. The lowest BCUT2D eigenvalue weighted by atomic mass is 9.98. The van der Waals surface area contributed by atoms with Crippen LogP contribution >= 0.6 is 11.6 Å². The van der Waals surface area contributed by atoms with Gasteiger partial charge in [-0.25, -0.2) is 0 Å². The standard InChI is InChI=1S/C21H22ClN3O2/c1-13(2)17-7-5-6-14(3)20(17)25-21(26)15(11-23)12-24-16-8-9-19(27-4)18(22)10-16/h5-10,12-13,24H,1-4H3,(H,25,26)/b15-12-. The molecule has 5 nitrogen and oxygen atoms in total. The highest BCUT2D eigenvalue weighted by Gasteiger charge is 2.15. The van der Waals surface area contributed by atoms with Gasteiger partial charge in [0.05, 0.1) is 12.1 Å². The van der Waals surface area contributed by atoms with Gasteiger partial charge in [0, 0.05) is 17.6 Å². The number of anilines is 2. The minimum Gasteiger partial charge on any atom is -0.495 e. The van der Waals surface area contributed by atoms with Crippen LogP contribution in [0.4, 0.5) is 11.4 Å². The van der Waals surface area contributed by atoms with Crippen molar-refractivity contribution in [2.45, 2.75) is 26.7 Å². The molecule has 0 unspecified atom stereocenters. The van der Waals surface area contributed by atoms with E-state index in [1.165, 1.54) is 13.3 Å². The Kier molecular flexibility index (Phi) is 6.86. The summed E-state index contributed by atoms with van der Waals surface area (Å²) in [4.78, 5) is 12.6. The molecule has 0 heterocycles. The van der Waals surface area contributed by atoms with Crippen molar-refractivity contribution in [2.75, 3.05) is 17.7 Å². The normalized spacial score (nSPS) is 11.1. The summed E-state index contributed by atoms with van der Waals surface area (Å²) < 4.78 is 5.10. The fourth-order valence-corrected chi connectivity index (χ4v) is 2.84. The molecule has 0 fully saturated rings. The number of aryl methyl sites for hydroxylation is 1. The minimum absolute atomic E-state index is 0.0418. The van der Waals surface area contributed by atoms with Crippen LogP contribution in [-0.2, 0) is 4.79 Å². The molecule has 0 aliphatic heterocycles. The van der Waals surface area contributed by atoms with E-state index in [9.17, 15) is 10.1 Å². The van der Waals surface area contributed by atoms with E-state index in [1.54, 1.807) is 18.2 Å². The predicted molar refractivity (Wildman–Crippen MR) is 109 cm³/mol. The molecule has 0 radical (unpaired) electrons. The Bertz CT molecular complexity index is 914. The number of benzene rings is 2. The summed E-state index contributed by atoms with van der Waals surface area (Å²) in [6.45, 7) is 6.04. The lowest BCUT2D eigenvalue weighted by Gasteiger charge is -2.16. The maximum atomic E-state index is 12.6. The molecule has 0 bridgehead atoms. The van der Waals surface area contributed by atoms with E-state index in [0.29, 0.717) is 16.5 Å². The Morgan fingerprint density at radius 2 is 2.04 bits per heavy atom. The molecule has 0 atom stereocenters. The quantitative estimate of drug-likeness (QED) is 0.528. The van der Waals surface area contributed by atoms with Crippen molar-refractivity contribution in [3.05, 3.63) is 64.3 Å². The fraction of sp³-hybridized carbons (Fsp3) is 0.238. The molecule has 0 aromatic heterocycles. The average Bonchev–Trinajstić information content (AvgIpc) is 2.63. The summed E-state index contributed by atoms with van der Waals surface area (Å²) in [6, 6.07) is 12.9. The van der Waals surface area contributed by atoms with E-state index in [4.69, 9.17) is 16.3 Å². The number of nitrogens with zero attached hydrogens (tertiary/aromatic N) is 1. The van der Waals surface area contributed by atoms with Crippen LogP contribution < -0.4 is 15.4 Å². The number of amides is 1. The van der Waals surface area contributed by atoms with Crippen LogP contribution in [0.3, 0.4) is 0 Å². The van der Waals surface area contributed by atoms with Gasteiger partial charge in [0.1, 0.15) is 17.4 Å². The third-order valence-corrected chi connectivity index (χ3v) is 4.36. The van der Waals surface area contributed by atoms with Crippen molar-refractivity contribution in [3.63, 3.8) is 0 Å². The minimum atomic E-state index is -0.471. The van der Waals surface area contributed by atoms with Gasteiger partial charge in [0.25, 0.3) is 5.91 Å². The van der Waals surface area contributed by atoms with Gasteiger partial charge in [-0.3, -0.25) is 4.79 Å². The topological polar surface area (TPSA) is 74.1 Å². The Morgan fingerprint density at radius 1 is 1.30 bits per heavy atom. The summed E-state index contributed by atoms with van der Waals surface area (Å²) in [5, 5.41) is 15.6. The van der Waals surface area contributed by atoms with Crippen molar-refractivity contribution >= 4 is 28.9 Å². The molecule has 27 heavy (non-hydrogen) atoms. The van der Waals surface area contributed by atoms with Gasteiger partial charge in [0.2, 0.25) is 0 Å². The number of methoxy groups -OCH3 is 1. The van der Waals surface area contributed by atoms with Crippen LogP contribution in [0.5, 0.6) is 5.75 Å². The second-order valence-corrected chi connectivity index (χ2v) is 6.72. The maximum absolute atomic E-state index is 12.6. The number of nitriles is 1. The smallest absolute Gasteiger partial charge is 0.267 e. The van der Waals surface area contributed by atoms with Crippen molar-refractivity contribution in [3.8, 4) is 11.8 Å². The first-order chi connectivity index (χ1) is 12.9. The van der Waals surface area contributed by atoms with E-state index < -0.39 is 5.91 Å².